The Balaban J connectivity index is 1.89. The highest BCUT2D eigenvalue weighted by Gasteiger charge is 2.11. The van der Waals surface area contributed by atoms with E-state index in [1.54, 1.807) is 18.3 Å². The van der Waals surface area contributed by atoms with Gasteiger partial charge in [0.2, 0.25) is 5.91 Å². The Labute approximate surface area is 128 Å². The molecule has 106 valence electrons. The van der Waals surface area contributed by atoms with E-state index in [4.69, 9.17) is 5.26 Å². The summed E-state index contributed by atoms with van der Waals surface area (Å²) < 4.78 is 0. The molecule has 5 heteroatoms. The molecule has 1 aromatic heterocycles. The largest absolute Gasteiger partial charge is 0.349 e. The molecule has 0 aliphatic rings. The zero-order chi connectivity index (χ0) is 15.1. The fourth-order valence-corrected chi connectivity index (χ4v) is 2.59. The first-order chi connectivity index (χ1) is 10.2. The van der Waals surface area contributed by atoms with Crippen LogP contribution in [0.15, 0.2) is 53.7 Å². The van der Waals surface area contributed by atoms with Gasteiger partial charge >= 0.3 is 0 Å². The average molecular weight is 297 g/mol. The van der Waals surface area contributed by atoms with Crippen LogP contribution in [-0.4, -0.2) is 16.6 Å². The van der Waals surface area contributed by atoms with Crippen LogP contribution >= 0.6 is 11.8 Å². The van der Waals surface area contributed by atoms with Crippen LogP contribution in [0.2, 0.25) is 0 Å². The third-order valence-corrected chi connectivity index (χ3v) is 3.91. The van der Waals surface area contributed by atoms with Gasteiger partial charge in [-0.3, -0.25) is 4.79 Å². The van der Waals surface area contributed by atoms with Crippen molar-refractivity contribution < 1.29 is 4.79 Å². The van der Waals surface area contributed by atoms with Gasteiger partial charge in [-0.1, -0.05) is 42.1 Å². The Morgan fingerprint density at radius 2 is 2.10 bits per heavy atom. The topological polar surface area (TPSA) is 65.8 Å². The van der Waals surface area contributed by atoms with E-state index >= 15 is 0 Å². The smallest absolute Gasteiger partial charge is 0.230 e. The quantitative estimate of drug-likeness (QED) is 0.862. The summed E-state index contributed by atoms with van der Waals surface area (Å²) in [6, 6.07) is 15.2. The number of nitriles is 1. The Bertz CT molecular complexity index is 652. The molecule has 0 saturated carbocycles. The lowest BCUT2D eigenvalue weighted by molar-refractivity contribution is -0.119. The number of nitrogens with one attached hydrogen (secondary N) is 1. The Hall–Kier alpha value is -2.32. The van der Waals surface area contributed by atoms with Gasteiger partial charge in [-0.25, -0.2) is 4.98 Å². The van der Waals surface area contributed by atoms with Crippen molar-refractivity contribution in [1.29, 1.82) is 5.26 Å². The van der Waals surface area contributed by atoms with E-state index < -0.39 is 0 Å². The molecule has 0 bridgehead atoms. The van der Waals surface area contributed by atoms with Crippen LogP contribution in [-0.2, 0) is 4.79 Å². The van der Waals surface area contributed by atoms with Gasteiger partial charge in [0.05, 0.1) is 17.4 Å². The maximum absolute atomic E-state index is 12.0. The van der Waals surface area contributed by atoms with Gasteiger partial charge in [0.25, 0.3) is 0 Å². The normalized spacial score (nSPS) is 11.4. The second-order valence-corrected chi connectivity index (χ2v) is 5.42. The molecule has 0 aliphatic carbocycles. The van der Waals surface area contributed by atoms with Gasteiger partial charge in [0.15, 0.2) is 0 Å². The van der Waals surface area contributed by atoms with Crippen molar-refractivity contribution in [3.05, 3.63) is 59.8 Å². The van der Waals surface area contributed by atoms with E-state index in [0.29, 0.717) is 10.6 Å². The molecule has 0 aliphatic heterocycles. The molecule has 21 heavy (non-hydrogen) atoms. The summed E-state index contributed by atoms with van der Waals surface area (Å²) in [7, 11) is 0. The number of pyridine rings is 1. The number of benzene rings is 1. The second kappa shape index (κ2) is 7.46. The summed E-state index contributed by atoms with van der Waals surface area (Å²) in [4.78, 5) is 16.1. The molecule has 0 unspecified atom stereocenters. The zero-order valence-corrected chi connectivity index (χ0v) is 12.4. The number of aromatic nitrogens is 1. The third kappa shape index (κ3) is 4.33. The highest BCUT2D eigenvalue weighted by molar-refractivity contribution is 7.99. The predicted molar refractivity (Wildman–Crippen MR) is 82.7 cm³/mol. The van der Waals surface area contributed by atoms with Gasteiger partial charge in [0, 0.05) is 6.20 Å². The highest BCUT2D eigenvalue weighted by Crippen LogP contribution is 2.19. The Morgan fingerprint density at radius 1 is 1.33 bits per heavy atom. The molecule has 0 fully saturated rings. The number of carbonyl (C=O) groups excluding carboxylic acids is 1. The number of amides is 1. The van der Waals surface area contributed by atoms with E-state index in [9.17, 15) is 4.79 Å². The molecule has 2 rings (SSSR count). The van der Waals surface area contributed by atoms with Crippen LogP contribution in [0.5, 0.6) is 0 Å². The molecule has 1 N–H and O–H groups in total. The maximum atomic E-state index is 12.0. The van der Waals surface area contributed by atoms with Crippen molar-refractivity contribution in [3.8, 4) is 6.07 Å². The number of hydrogen-bond acceptors (Lipinski definition) is 4. The highest BCUT2D eigenvalue weighted by atomic mass is 32.2. The third-order valence-electron chi connectivity index (χ3n) is 2.91. The van der Waals surface area contributed by atoms with Gasteiger partial charge in [-0.05, 0) is 24.6 Å². The number of carbonyl (C=O) groups is 1. The molecule has 1 atom stereocenters. The maximum Gasteiger partial charge on any atom is 0.230 e. The lowest BCUT2D eigenvalue weighted by Crippen LogP contribution is -2.28. The summed E-state index contributed by atoms with van der Waals surface area (Å²) in [5.74, 6) is 0.161. The molecule has 1 amide bonds. The van der Waals surface area contributed by atoms with Gasteiger partial charge < -0.3 is 5.32 Å². The molecular weight excluding hydrogens is 282 g/mol. The van der Waals surface area contributed by atoms with Gasteiger partial charge in [-0.2, -0.15) is 5.26 Å². The molecule has 0 spiro atoms. The first kappa shape index (κ1) is 15.1. The predicted octanol–water partition coefficient (Wildman–Crippen LogP) is 2.92. The molecular formula is C16H15N3OS. The summed E-state index contributed by atoms with van der Waals surface area (Å²) in [6.45, 7) is 1.94. The summed E-state index contributed by atoms with van der Waals surface area (Å²) in [6.07, 6.45) is 1.62. The fraction of sp³-hybridized carbons (Fsp3) is 0.188. The lowest BCUT2D eigenvalue weighted by Gasteiger charge is -2.14. The number of nitrogens with zero attached hydrogens (tertiary/aromatic N) is 2. The summed E-state index contributed by atoms with van der Waals surface area (Å²) in [5.41, 5.74) is 1.55. The first-order valence-corrected chi connectivity index (χ1v) is 7.51. The number of thioether (sulfide) groups is 1. The van der Waals surface area contributed by atoms with Crippen molar-refractivity contribution in [3.63, 3.8) is 0 Å². The second-order valence-electron chi connectivity index (χ2n) is 4.46. The van der Waals surface area contributed by atoms with E-state index in [-0.39, 0.29) is 17.7 Å². The zero-order valence-electron chi connectivity index (χ0n) is 11.6. The van der Waals surface area contributed by atoms with E-state index in [1.807, 2.05) is 37.3 Å². The molecule has 2 aromatic rings. The minimum absolute atomic E-state index is 0.0431. The average Bonchev–Trinajstić information content (AvgIpc) is 2.54. The van der Waals surface area contributed by atoms with Gasteiger partial charge in [0.1, 0.15) is 11.1 Å². The van der Waals surface area contributed by atoms with E-state index in [2.05, 4.69) is 16.4 Å². The van der Waals surface area contributed by atoms with Crippen LogP contribution in [0.4, 0.5) is 0 Å². The van der Waals surface area contributed by atoms with Crippen LogP contribution in [0.25, 0.3) is 0 Å². The molecule has 0 saturated heterocycles. The van der Waals surface area contributed by atoms with Crippen LogP contribution < -0.4 is 5.32 Å². The minimum Gasteiger partial charge on any atom is -0.349 e. The monoisotopic (exact) mass is 297 g/mol. The Morgan fingerprint density at radius 3 is 2.81 bits per heavy atom. The standard InChI is InChI=1S/C16H15N3OS/c1-12(13-6-3-2-4-7-13)19-15(20)11-21-16-14(10-17)8-5-9-18-16/h2-9,12H,11H2,1H3,(H,19,20)/t12-/m0/s1. The van der Waals surface area contributed by atoms with Crippen LogP contribution in [0.1, 0.15) is 24.1 Å². The molecule has 4 nitrogen and oxygen atoms in total. The van der Waals surface area contributed by atoms with Crippen molar-refractivity contribution in [1.82, 2.24) is 10.3 Å². The summed E-state index contributed by atoms with van der Waals surface area (Å²) in [5, 5.41) is 12.5. The fourth-order valence-electron chi connectivity index (χ4n) is 1.83. The van der Waals surface area contributed by atoms with E-state index in [0.717, 1.165) is 5.56 Å². The number of hydrogen-bond donors (Lipinski definition) is 1. The SMILES string of the molecule is C[C@H](NC(=O)CSc1ncccc1C#N)c1ccccc1. The van der Waals surface area contributed by atoms with Gasteiger partial charge in [-0.15, -0.1) is 0 Å². The molecule has 1 heterocycles. The minimum atomic E-state index is -0.0779. The number of rotatable bonds is 5. The molecule has 0 radical (unpaired) electrons. The van der Waals surface area contributed by atoms with E-state index in [1.165, 1.54) is 11.8 Å². The van der Waals surface area contributed by atoms with Crippen molar-refractivity contribution in [2.24, 2.45) is 0 Å². The van der Waals surface area contributed by atoms with Crippen molar-refractivity contribution in [2.75, 3.05) is 5.75 Å². The van der Waals surface area contributed by atoms with Crippen LogP contribution in [0, 0.1) is 11.3 Å². The van der Waals surface area contributed by atoms with Crippen molar-refractivity contribution >= 4 is 17.7 Å². The summed E-state index contributed by atoms with van der Waals surface area (Å²) >= 11 is 1.27. The van der Waals surface area contributed by atoms with Crippen LogP contribution in [0.3, 0.4) is 0 Å². The molecule has 1 aromatic carbocycles. The lowest BCUT2D eigenvalue weighted by atomic mass is 10.1. The first-order valence-electron chi connectivity index (χ1n) is 6.53. The van der Waals surface area contributed by atoms with Crippen molar-refractivity contribution in [2.45, 2.75) is 18.0 Å². The Kier molecular flexibility index (Phi) is 5.35.